The van der Waals surface area contributed by atoms with Crippen molar-refractivity contribution in [2.75, 3.05) is 26.4 Å². The molecule has 3 N–H and O–H groups in total. The monoisotopic (exact) mass is 187 g/mol. The van der Waals surface area contributed by atoms with Crippen LogP contribution in [0.25, 0.3) is 0 Å². The molecule has 0 aromatic heterocycles. The molecule has 0 radical (unpaired) electrons. The fourth-order valence-electron chi connectivity index (χ4n) is 0.379. The van der Waals surface area contributed by atoms with Gasteiger partial charge in [-0.15, -0.1) is 10.9 Å². The van der Waals surface area contributed by atoms with E-state index >= 15 is 0 Å². The SMILES string of the molecule is CN(C)CC[SH]=P(O)(O)O. The summed E-state index contributed by atoms with van der Waals surface area (Å²) in [5.74, 6) is 0.588. The molecule has 0 aliphatic carbocycles. The maximum Gasteiger partial charge on any atom is 0.274 e. The van der Waals surface area contributed by atoms with Crippen LogP contribution in [0.2, 0.25) is 0 Å². The zero-order valence-electron chi connectivity index (χ0n) is 6.10. The Kier molecular flexibility index (Phi) is 4.77. The smallest absolute Gasteiger partial charge is 0.274 e. The van der Waals surface area contributed by atoms with Gasteiger partial charge in [-0.2, -0.15) is 0 Å². The minimum Gasteiger partial charge on any atom is -0.329 e. The fourth-order valence-corrected chi connectivity index (χ4v) is 2.21. The summed E-state index contributed by atoms with van der Waals surface area (Å²) in [5.41, 5.74) is 0. The van der Waals surface area contributed by atoms with Gasteiger partial charge in [0.25, 0.3) is 6.72 Å². The van der Waals surface area contributed by atoms with Gasteiger partial charge in [-0.25, -0.2) is 0 Å². The van der Waals surface area contributed by atoms with Crippen molar-refractivity contribution in [1.82, 2.24) is 4.90 Å². The lowest BCUT2D eigenvalue weighted by molar-refractivity contribution is 0.363. The molecule has 0 aliphatic heterocycles. The van der Waals surface area contributed by atoms with Crippen LogP contribution < -0.4 is 0 Å². The highest BCUT2D eigenvalue weighted by Crippen LogP contribution is 2.30. The summed E-state index contributed by atoms with van der Waals surface area (Å²) >= 11 is 0. The number of hydrogen-bond acceptors (Lipinski definition) is 1. The average molecular weight is 187 g/mol. The zero-order chi connectivity index (χ0) is 8.20. The largest absolute Gasteiger partial charge is 0.329 e. The van der Waals surface area contributed by atoms with E-state index in [1.807, 2.05) is 19.0 Å². The van der Waals surface area contributed by atoms with Gasteiger partial charge in [0.05, 0.1) is 0 Å². The van der Waals surface area contributed by atoms with Crippen molar-refractivity contribution in [2.24, 2.45) is 0 Å². The quantitative estimate of drug-likeness (QED) is 0.339. The van der Waals surface area contributed by atoms with Crippen molar-refractivity contribution in [2.45, 2.75) is 0 Å². The van der Waals surface area contributed by atoms with Crippen molar-refractivity contribution < 1.29 is 14.7 Å². The minimum absolute atomic E-state index is 0.334. The molecule has 0 rings (SSSR count). The van der Waals surface area contributed by atoms with Crippen molar-refractivity contribution in [3.63, 3.8) is 0 Å². The number of nitrogens with zero attached hydrogens (tertiary/aromatic N) is 1. The molecule has 64 valence electrons. The number of rotatable bonds is 3. The van der Waals surface area contributed by atoms with E-state index < -0.39 is 6.72 Å². The Morgan fingerprint density at radius 2 is 1.80 bits per heavy atom. The molecule has 0 aromatic rings. The Labute approximate surface area is 64.3 Å². The van der Waals surface area contributed by atoms with Gasteiger partial charge in [0.2, 0.25) is 0 Å². The van der Waals surface area contributed by atoms with Crippen molar-refractivity contribution in [1.29, 1.82) is 0 Å². The Morgan fingerprint density at radius 1 is 1.30 bits per heavy atom. The van der Waals surface area contributed by atoms with Gasteiger partial charge in [-0.1, -0.05) is 0 Å². The molecule has 0 atom stereocenters. The maximum atomic E-state index is 8.52. The first kappa shape index (κ1) is 10.6. The highest BCUT2D eigenvalue weighted by molar-refractivity contribution is 8.16. The fraction of sp³-hybridized carbons (Fsp3) is 1.00. The van der Waals surface area contributed by atoms with E-state index in [0.717, 1.165) is 6.54 Å². The van der Waals surface area contributed by atoms with E-state index in [1.54, 1.807) is 0 Å². The maximum absolute atomic E-state index is 8.52. The molecule has 0 spiro atoms. The van der Waals surface area contributed by atoms with Gasteiger partial charge in [-0.3, -0.25) is 0 Å². The van der Waals surface area contributed by atoms with Crippen molar-refractivity contribution in [3.05, 3.63) is 0 Å². The molecule has 0 heterocycles. The van der Waals surface area contributed by atoms with Gasteiger partial charge in [0.1, 0.15) is 0 Å². The topological polar surface area (TPSA) is 63.9 Å². The molecule has 0 unspecified atom stereocenters. The molecule has 0 amide bonds. The molecule has 4 nitrogen and oxygen atoms in total. The number of hydrogen-bond donors (Lipinski definition) is 4. The third-order valence-electron chi connectivity index (χ3n) is 0.837. The van der Waals surface area contributed by atoms with E-state index in [1.165, 1.54) is 0 Å². The predicted octanol–water partition coefficient (Wildman–Crippen LogP) is -0.983. The lowest BCUT2D eigenvalue weighted by Gasteiger charge is -2.07. The third-order valence-corrected chi connectivity index (χ3v) is 3.35. The normalized spacial score (nSPS) is 12.6. The second kappa shape index (κ2) is 4.49. The Balaban J connectivity index is 3.55. The molecule has 0 saturated carbocycles. The minimum atomic E-state index is -3.53. The lowest BCUT2D eigenvalue weighted by Crippen LogP contribution is -2.15. The first-order valence-corrected chi connectivity index (χ1v) is 6.26. The molecular weight excluding hydrogens is 173 g/mol. The molecule has 0 bridgehead atoms. The van der Waals surface area contributed by atoms with Gasteiger partial charge in [0.15, 0.2) is 0 Å². The van der Waals surface area contributed by atoms with E-state index in [2.05, 4.69) is 0 Å². The third kappa shape index (κ3) is 8.62. The van der Waals surface area contributed by atoms with Gasteiger partial charge in [0, 0.05) is 12.3 Å². The van der Waals surface area contributed by atoms with E-state index in [-0.39, 0.29) is 0 Å². The molecule has 0 aromatic carbocycles. The zero-order valence-corrected chi connectivity index (χ0v) is 7.89. The summed E-state index contributed by atoms with van der Waals surface area (Å²) in [7, 11) is 4.12. The molecule has 10 heavy (non-hydrogen) atoms. The van der Waals surface area contributed by atoms with Crippen LogP contribution in [0.1, 0.15) is 0 Å². The van der Waals surface area contributed by atoms with Crippen LogP contribution in [-0.2, 0) is 10.9 Å². The molecule has 0 aliphatic rings. The Bertz CT molecular complexity index is 135. The first-order valence-electron chi connectivity index (χ1n) is 2.83. The van der Waals surface area contributed by atoms with Gasteiger partial charge < -0.3 is 19.6 Å². The van der Waals surface area contributed by atoms with Crippen LogP contribution in [0.15, 0.2) is 0 Å². The lowest BCUT2D eigenvalue weighted by atomic mass is 10.7. The summed E-state index contributed by atoms with van der Waals surface area (Å²) in [6.07, 6.45) is 0. The van der Waals surface area contributed by atoms with Crippen LogP contribution in [0.5, 0.6) is 0 Å². The average Bonchev–Trinajstić information content (AvgIpc) is 1.59. The Hall–Kier alpha value is 0.620. The van der Waals surface area contributed by atoms with Crippen LogP contribution >= 0.6 is 6.72 Å². The summed E-state index contributed by atoms with van der Waals surface area (Å²) in [6.45, 7) is -2.77. The van der Waals surface area contributed by atoms with Gasteiger partial charge in [-0.05, 0) is 14.1 Å². The highest BCUT2D eigenvalue weighted by atomic mass is 32.5. The summed E-state index contributed by atoms with van der Waals surface area (Å²) < 4.78 is 0. The molecule has 0 fully saturated rings. The Morgan fingerprint density at radius 3 is 2.10 bits per heavy atom. The summed E-state index contributed by atoms with van der Waals surface area (Å²) in [5, 5.41) is 0. The molecule has 0 saturated heterocycles. The molecule has 6 heteroatoms. The predicted molar refractivity (Wildman–Crippen MR) is 45.8 cm³/mol. The molecular formula is C4H14NO3PS. The van der Waals surface area contributed by atoms with Crippen molar-refractivity contribution in [3.8, 4) is 0 Å². The van der Waals surface area contributed by atoms with Gasteiger partial charge >= 0.3 is 0 Å². The van der Waals surface area contributed by atoms with Crippen LogP contribution in [0.4, 0.5) is 0 Å². The highest BCUT2D eigenvalue weighted by Gasteiger charge is 1.98. The van der Waals surface area contributed by atoms with Crippen LogP contribution in [0.3, 0.4) is 0 Å². The first-order chi connectivity index (χ1) is 4.42. The summed E-state index contributed by atoms with van der Waals surface area (Å²) in [6, 6.07) is 0. The summed E-state index contributed by atoms with van der Waals surface area (Å²) in [4.78, 5) is 27.5. The van der Waals surface area contributed by atoms with E-state index in [9.17, 15) is 0 Å². The standard InChI is InChI=1S/C4H14NO3PS/c1-5(2)3-4-10-9(6,7)8/h6-8,10H,3-4H2,1-2H3. The van der Waals surface area contributed by atoms with E-state index in [4.69, 9.17) is 14.7 Å². The second-order valence-corrected chi connectivity index (χ2v) is 6.47. The second-order valence-electron chi connectivity index (χ2n) is 2.20. The van der Waals surface area contributed by atoms with E-state index in [0.29, 0.717) is 16.7 Å². The van der Waals surface area contributed by atoms with Crippen LogP contribution in [0, 0.1) is 0 Å². The number of thiol groups is 1. The van der Waals surface area contributed by atoms with Crippen molar-refractivity contribution >= 4 is 17.7 Å². The van der Waals surface area contributed by atoms with Crippen LogP contribution in [-0.4, -0.2) is 46.0 Å².